The molecule has 0 aromatic rings. The van der Waals surface area contributed by atoms with Crippen LogP contribution in [-0.4, -0.2) is 46.4 Å². The SMILES string of the molecule is CC(=O)C(NC(=O)CSC[C@H](N)C(=O)O)C(C)C. The molecule has 0 rings (SSSR count). The van der Waals surface area contributed by atoms with E-state index >= 15 is 0 Å². The summed E-state index contributed by atoms with van der Waals surface area (Å²) in [5.74, 6) is -1.19. The average molecular weight is 276 g/mol. The number of thioether (sulfide) groups is 1. The minimum absolute atomic E-state index is 0.0257. The van der Waals surface area contributed by atoms with Crippen molar-refractivity contribution in [1.82, 2.24) is 5.32 Å². The highest BCUT2D eigenvalue weighted by Gasteiger charge is 2.20. The molecule has 0 saturated heterocycles. The molecular weight excluding hydrogens is 256 g/mol. The largest absolute Gasteiger partial charge is 0.480 e. The number of aliphatic carboxylic acids is 1. The molecule has 104 valence electrons. The van der Waals surface area contributed by atoms with Crippen LogP contribution in [0, 0.1) is 5.92 Å². The van der Waals surface area contributed by atoms with Gasteiger partial charge < -0.3 is 16.2 Å². The first kappa shape index (κ1) is 16.9. The number of carbonyl (C=O) groups is 3. The quantitative estimate of drug-likeness (QED) is 0.569. The molecule has 2 atom stereocenters. The molecule has 7 heteroatoms. The summed E-state index contributed by atoms with van der Waals surface area (Å²) in [4.78, 5) is 33.3. The first-order valence-electron chi connectivity index (χ1n) is 5.61. The summed E-state index contributed by atoms with van der Waals surface area (Å²) in [6.45, 7) is 5.12. The third kappa shape index (κ3) is 6.61. The van der Waals surface area contributed by atoms with E-state index in [4.69, 9.17) is 10.8 Å². The van der Waals surface area contributed by atoms with Gasteiger partial charge in [0, 0.05) is 5.75 Å². The van der Waals surface area contributed by atoms with Gasteiger partial charge >= 0.3 is 5.97 Å². The average Bonchev–Trinajstić information content (AvgIpc) is 2.24. The van der Waals surface area contributed by atoms with Gasteiger partial charge in [0.05, 0.1) is 11.8 Å². The lowest BCUT2D eigenvalue weighted by molar-refractivity contribution is -0.138. The minimum atomic E-state index is -1.09. The third-order valence-electron chi connectivity index (χ3n) is 2.27. The summed E-state index contributed by atoms with van der Waals surface area (Å²) in [6, 6.07) is -1.47. The van der Waals surface area contributed by atoms with Crippen LogP contribution in [0.15, 0.2) is 0 Å². The van der Waals surface area contributed by atoms with E-state index in [1.807, 2.05) is 13.8 Å². The molecule has 0 spiro atoms. The van der Waals surface area contributed by atoms with Crippen LogP contribution < -0.4 is 11.1 Å². The first-order valence-corrected chi connectivity index (χ1v) is 6.77. The molecule has 0 aliphatic rings. The Kier molecular flexibility index (Phi) is 7.61. The van der Waals surface area contributed by atoms with Gasteiger partial charge in [0.2, 0.25) is 5.91 Å². The van der Waals surface area contributed by atoms with E-state index in [0.717, 1.165) is 11.8 Å². The number of nitrogens with one attached hydrogen (secondary N) is 1. The van der Waals surface area contributed by atoms with Gasteiger partial charge in [-0.05, 0) is 12.8 Å². The van der Waals surface area contributed by atoms with E-state index in [0.29, 0.717) is 0 Å². The van der Waals surface area contributed by atoms with Crippen molar-refractivity contribution >= 4 is 29.4 Å². The van der Waals surface area contributed by atoms with E-state index in [1.165, 1.54) is 6.92 Å². The molecular formula is C11H20N2O4S. The molecule has 0 aliphatic carbocycles. The summed E-state index contributed by atoms with van der Waals surface area (Å²) < 4.78 is 0. The number of nitrogens with two attached hydrogens (primary N) is 1. The van der Waals surface area contributed by atoms with Crippen LogP contribution in [0.1, 0.15) is 20.8 Å². The monoisotopic (exact) mass is 276 g/mol. The standard InChI is InChI=1S/C11H20N2O4S/c1-6(2)10(7(3)14)13-9(15)5-18-4-8(12)11(16)17/h6,8,10H,4-5,12H2,1-3H3,(H,13,15)(H,16,17)/t8-,10?/m0/s1. The van der Waals surface area contributed by atoms with E-state index in [1.54, 1.807) is 0 Å². The maximum absolute atomic E-state index is 11.5. The zero-order chi connectivity index (χ0) is 14.3. The van der Waals surface area contributed by atoms with Crippen molar-refractivity contribution in [2.24, 2.45) is 11.7 Å². The molecule has 0 saturated carbocycles. The summed E-state index contributed by atoms with van der Waals surface area (Å²) >= 11 is 1.13. The Balaban J connectivity index is 4.04. The van der Waals surface area contributed by atoms with E-state index in [9.17, 15) is 14.4 Å². The highest BCUT2D eigenvalue weighted by atomic mass is 32.2. The van der Waals surface area contributed by atoms with Gasteiger partial charge in [-0.1, -0.05) is 13.8 Å². The third-order valence-corrected chi connectivity index (χ3v) is 3.33. The maximum Gasteiger partial charge on any atom is 0.321 e. The molecule has 18 heavy (non-hydrogen) atoms. The summed E-state index contributed by atoms with van der Waals surface area (Å²) in [5.41, 5.74) is 5.29. The number of carbonyl (C=O) groups excluding carboxylic acids is 2. The molecule has 0 heterocycles. The Bertz CT molecular complexity index is 320. The van der Waals surface area contributed by atoms with Crippen LogP contribution in [0.4, 0.5) is 0 Å². The van der Waals surface area contributed by atoms with Gasteiger partial charge in [0.25, 0.3) is 0 Å². The van der Waals surface area contributed by atoms with E-state index in [-0.39, 0.29) is 29.1 Å². The van der Waals surface area contributed by atoms with Crippen molar-refractivity contribution in [2.45, 2.75) is 32.9 Å². The predicted octanol–water partition coefficient (Wildman–Crippen LogP) is -0.139. The highest BCUT2D eigenvalue weighted by molar-refractivity contribution is 8.00. The zero-order valence-electron chi connectivity index (χ0n) is 10.8. The van der Waals surface area contributed by atoms with Crippen LogP contribution in [0.5, 0.6) is 0 Å². The molecule has 0 bridgehead atoms. The lowest BCUT2D eigenvalue weighted by Crippen LogP contribution is -2.44. The van der Waals surface area contributed by atoms with Gasteiger partial charge in [-0.3, -0.25) is 14.4 Å². The number of hydrogen-bond donors (Lipinski definition) is 3. The van der Waals surface area contributed by atoms with E-state index < -0.39 is 18.1 Å². The Morgan fingerprint density at radius 1 is 1.33 bits per heavy atom. The number of rotatable bonds is 8. The van der Waals surface area contributed by atoms with Gasteiger partial charge in [0.15, 0.2) is 5.78 Å². The molecule has 0 aliphatic heterocycles. The van der Waals surface area contributed by atoms with Crippen molar-refractivity contribution in [1.29, 1.82) is 0 Å². The normalized spacial score (nSPS) is 14.1. The summed E-state index contributed by atoms with van der Waals surface area (Å²) in [7, 11) is 0. The summed E-state index contributed by atoms with van der Waals surface area (Å²) in [5, 5.41) is 11.2. The smallest absolute Gasteiger partial charge is 0.321 e. The van der Waals surface area contributed by atoms with Crippen LogP contribution >= 0.6 is 11.8 Å². The van der Waals surface area contributed by atoms with Crippen molar-refractivity contribution in [2.75, 3.05) is 11.5 Å². The van der Waals surface area contributed by atoms with Crippen molar-refractivity contribution < 1.29 is 19.5 Å². The predicted molar refractivity (Wildman–Crippen MR) is 70.4 cm³/mol. The van der Waals surface area contributed by atoms with Gasteiger partial charge in [-0.2, -0.15) is 0 Å². The molecule has 0 aromatic heterocycles. The molecule has 0 radical (unpaired) electrons. The minimum Gasteiger partial charge on any atom is -0.480 e. The number of hydrogen-bond acceptors (Lipinski definition) is 5. The van der Waals surface area contributed by atoms with Crippen molar-refractivity contribution in [3.8, 4) is 0 Å². The zero-order valence-corrected chi connectivity index (χ0v) is 11.6. The van der Waals surface area contributed by atoms with E-state index in [2.05, 4.69) is 5.32 Å². The van der Waals surface area contributed by atoms with Crippen LogP contribution in [0.3, 0.4) is 0 Å². The number of Topliss-reactive ketones (excluding diaryl/α,β-unsaturated/α-hetero) is 1. The molecule has 4 N–H and O–H groups in total. The second-order valence-electron chi connectivity index (χ2n) is 4.36. The summed E-state index contributed by atoms with van der Waals surface area (Å²) in [6.07, 6.45) is 0. The number of ketones is 1. The fourth-order valence-electron chi connectivity index (χ4n) is 1.30. The Hall–Kier alpha value is -1.08. The highest BCUT2D eigenvalue weighted by Crippen LogP contribution is 2.05. The maximum atomic E-state index is 11.5. The second-order valence-corrected chi connectivity index (χ2v) is 5.39. The number of carboxylic acid groups (broad SMARTS) is 1. The number of carboxylic acids is 1. The number of amides is 1. The Morgan fingerprint density at radius 2 is 1.89 bits per heavy atom. The fraction of sp³-hybridized carbons (Fsp3) is 0.727. The topological polar surface area (TPSA) is 109 Å². The Labute approximate surface area is 111 Å². The molecule has 1 unspecified atom stereocenters. The molecule has 0 fully saturated rings. The lowest BCUT2D eigenvalue weighted by Gasteiger charge is -2.19. The van der Waals surface area contributed by atoms with Gasteiger partial charge in [-0.15, -0.1) is 11.8 Å². The van der Waals surface area contributed by atoms with Gasteiger partial charge in [-0.25, -0.2) is 0 Å². The lowest BCUT2D eigenvalue weighted by atomic mass is 10.0. The van der Waals surface area contributed by atoms with Crippen molar-refractivity contribution in [3.63, 3.8) is 0 Å². The van der Waals surface area contributed by atoms with Crippen LogP contribution in [0.25, 0.3) is 0 Å². The van der Waals surface area contributed by atoms with Gasteiger partial charge in [0.1, 0.15) is 6.04 Å². The fourth-order valence-corrected chi connectivity index (χ4v) is 2.09. The van der Waals surface area contributed by atoms with Crippen LogP contribution in [0.2, 0.25) is 0 Å². The second kappa shape index (κ2) is 8.10. The molecule has 1 amide bonds. The molecule has 0 aromatic carbocycles. The van der Waals surface area contributed by atoms with Crippen molar-refractivity contribution in [3.05, 3.63) is 0 Å². The molecule has 6 nitrogen and oxygen atoms in total. The Morgan fingerprint density at radius 3 is 2.28 bits per heavy atom. The van der Waals surface area contributed by atoms with Crippen LogP contribution in [-0.2, 0) is 14.4 Å². The first-order chi connectivity index (χ1) is 8.25.